The third-order valence-corrected chi connectivity index (χ3v) is 2.01. The second kappa shape index (κ2) is 3.02. The van der Waals surface area contributed by atoms with Gasteiger partial charge in [0.1, 0.15) is 12.3 Å². The zero-order chi connectivity index (χ0) is 10.1. The number of carbonyl (C=O) groups is 2. The molecule has 1 aliphatic carbocycles. The van der Waals surface area contributed by atoms with Crippen LogP contribution < -0.4 is 0 Å². The molecule has 1 amide bonds. The number of aliphatic imine (C=N–C) groups is 2. The maximum Gasteiger partial charge on any atom is 0.316 e. The van der Waals surface area contributed by atoms with Crippen LogP contribution in [0.4, 0.5) is 0 Å². The highest BCUT2D eigenvalue weighted by atomic mass is 16.4. The molecule has 0 radical (unpaired) electrons. The van der Waals surface area contributed by atoms with Crippen LogP contribution >= 0.6 is 0 Å². The predicted molar refractivity (Wildman–Crippen MR) is 49.3 cm³/mol. The molecule has 2 rings (SSSR count). The van der Waals surface area contributed by atoms with Gasteiger partial charge in [-0.25, -0.2) is 4.99 Å². The van der Waals surface area contributed by atoms with Gasteiger partial charge in [-0.05, 0) is 6.08 Å². The fraction of sp³-hybridized carbons (Fsp3) is 0.111. The zero-order valence-electron chi connectivity index (χ0n) is 7.04. The van der Waals surface area contributed by atoms with Crippen molar-refractivity contribution in [2.45, 2.75) is 0 Å². The van der Waals surface area contributed by atoms with Crippen LogP contribution in [0, 0.1) is 5.92 Å². The van der Waals surface area contributed by atoms with Crippen molar-refractivity contribution in [1.82, 2.24) is 0 Å². The molecule has 0 saturated carbocycles. The minimum atomic E-state index is -1.02. The molecule has 0 bridgehead atoms. The number of nitrogens with zero attached hydrogens (tertiary/aromatic N) is 2. The molecule has 0 spiro atoms. The quantitative estimate of drug-likeness (QED) is 0.641. The highest BCUT2D eigenvalue weighted by molar-refractivity contribution is 6.31. The van der Waals surface area contributed by atoms with Gasteiger partial charge in [-0.2, -0.15) is 4.99 Å². The van der Waals surface area contributed by atoms with Gasteiger partial charge in [-0.3, -0.25) is 9.59 Å². The van der Waals surface area contributed by atoms with Crippen molar-refractivity contribution in [3.05, 3.63) is 23.8 Å². The number of carboxylic acid groups (broad SMARTS) is 1. The summed E-state index contributed by atoms with van der Waals surface area (Å²) in [6.45, 7) is 0. The van der Waals surface area contributed by atoms with Crippen molar-refractivity contribution in [1.29, 1.82) is 0 Å². The van der Waals surface area contributed by atoms with Gasteiger partial charge in [0.25, 0.3) is 5.91 Å². The van der Waals surface area contributed by atoms with Gasteiger partial charge in [0.05, 0.1) is 11.3 Å². The molecule has 70 valence electrons. The first kappa shape index (κ1) is 8.55. The van der Waals surface area contributed by atoms with E-state index in [2.05, 4.69) is 9.98 Å². The van der Waals surface area contributed by atoms with Gasteiger partial charge >= 0.3 is 5.97 Å². The molecule has 5 heteroatoms. The minimum Gasteiger partial charge on any atom is -0.481 e. The van der Waals surface area contributed by atoms with Crippen LogP contribution in [-0.2, 0) is 9.59 Å². The fourth-order valence-corrected chi connectivity index (χ4v) is 1.35. The van der Waals surface area contributed by atoms with Gasteiger partial charge in [0.2, 0.25) is 0 Å². The predicted octanol–water partition coefficient (Wildman–Crippen LogP) is 0.193. The van der Waals surface area contributed by atoms with E-state index in [9.17, 15) is 9.59 Å². The molecular formula is C9H6N2O3. The third-order valence-electron chi connectivity index (χ3n) is 2.01. The summed E-state index contributed by atoms with van der Waals surface area (Å²) in [6.07, 6.45) is 5.63. The highest BCUT2D eigenvalue weighted by Crippen LogP contribution is 2.19. The van der Waals surface area contributed by atoms with E-state index in [4.69, 9.17) is 5.11 Å². The van der Waals surface area contributed by atoms with Gasteiger partial charge in [-0.1, -0.05) is 12.2 Å². The Morgan fingerprint density at radius 3 is 3.00 bits per heavy atom. The monoisotopic (exact) mass is 190 g/mol. The molecule has 1 aliphatic heterocycles. The topological polar surface area (TPSA) is 79.1 Å². The van der Waals surface area contributed by atoms with Crippen LogP contribution in [0.3, 0.4) is 0 Å². The van der Waals surface area contributed by atoms with Crippen LogP contribution in [0.1, 0.15) is 0 Å². The smallest absolute Gasteiger partial charge is 0.316 e. The van der Waals surface area contributed by atoms with E-state index in [-0.39, 0.29) is 11.3 Å². The summed E-state index contributed by atoms with van der Waals surface area (Å²) < 4.78 is 0. The second-order valence-corrected chi connectivity index (χ2v) is 2.85. The van der Waals surface area contributed by atoms with E-state index in [0.29, 0.717) is 0 Å². The highest BCUT2D eigenvalue weighted by Gasteiger charge is 2.30. The number of hydrogen-bond donors (Lipinski definition) is 1. The van der Waals surface area contributed by atoms with E-state index in [1.807, 2.05) is 0 Å². The lowest BCUT2D eigenvalue weighted by Crippen LogP contribution is -2.29. The number of carbonyl (C=O) groups excluding carboxylic acids is 1. The minimum absolute atomic E-state index is 0.264. The van der Waals surface area contributed by atoms with E-state index < -0.39 is 17.8 Å². The Hall–Kier alpha value is -2.04. The van der Waals surface area contributed by atoms with Crippen LogP contribution in [-0.4, -0.2) is 29.0 Å². The van der Waals surface area contributed by atoms with E-state index in [1.165, 1.54) is 18.2 Å². The Morgan fingerprint density at radius 2 is 2.29 bits per heavy atom. The number of hydrogen-bond acceptors (Lipinski definition) is 3. The first-order valence-corrected chi connectivity index (χ1v) is 3.96. The van der Waals surface area contributed by atoms with Crippen molar-refractivity contribution in [3.8, 4) is 0 Å². The number of carboxylic acids is 1. The first-order chi connectivity index (χ1) is 6.70. The van der Waals surface area contributed by atoms with Crippen LogP contribution in [0.2, 0.25) is 0 Å². The van der Waals surface area contributed by atoms with Gasteiger partial charge in [0, 0.05) is 0 Å². The normalized spacial score (nSPS) is 24.0. The Morgan fingerprint density at radius 1 is 1.50 bits per heavy atom. The molecule has 2 aliphatic rings. The third kappa shape index (κ3) is 1.19. The molecule has 5 nitrogen and oxygen atoms in total. The number of aliphatic carboxylic acids is 1. The fourth-order valence-electron chi connectivity index (χ4n) is 1.35. The van der Waals surface area contributed by atoms with Crippen LogP contribution in [0.15, 0.2) is 33.8 Å². The molecule has 0 aromatic heterocycles. The Labute approximate surface area is 79.2 Å². The first-order valence-electron chi connectivity index (χ1n) is 3.96. The van der Waals surface area contributed by atoms with E-state index in [0.717, 1.165) is 6.34 Å². The maximum absolute atomic E-state index is 11.2. The SMILES string of the molecule is O=C1N=CN=C2C1=CC=CC2C(=O)O. The Kier molecular flexibility index (Phi) is 1.85. The van der Waals surface area contributed by atoms with Gasteiger partial charge < -0.3 is 5.11 Å². The van der Waals surface area contributed by atoms with Crippen molar-refractivity contribution >= 4 is 23.9 Å². The summed E-state index contributed by atoms with van der Waals surface area (Å²) in [5.74, 6) is -2.30. The number of fused-ring (bicyclic) bond motifs is 1. The van der Waals surface area contributed by atoms with Gasteiger partial charge in [0.15, 0.2) is 0 Å². The molecule has 0 aromatic rings. The van der Waals surface area contributed by atoms with Crippen molar-refractivity contribution in [2.24, 2.45) is 15.9 Å². The van der Waals surface area contributed by atoms with Crippen LogP contribution in [0.25, 0.3) is 0 Å². The molecule has 0 aromatic carbocycles. The average Bonchev–Trinajstić information content (AvgIpc) is 2.17. The summed E-state index contributed by atoms with van der Waals surface area (Å²) in [4.78, 5) is 29.3. The summed E-state index contributed by atoms with van der Waals surface area (Å²) >= 11 is 0. The Bertz CT molecular complexity index is 429. The molecule has 1 heterocycles. The molecule has 0 saturated heterocycles. The summed E-state index contributed by atoms with van der Waals surface area (Å²) in [6, 6.07) is 0. The van der Waals surface area contributed by atoms with Crippen molar-refractivity contribution in [3.63, 3.8) is 0 Å². The molecule has 1 unspecified atom stereocenters. The lowest BCUT2D eigenvalue weighted by molar-refractivity contribution is -0.138. The van der Waals surface area contributed by atoms with E-state index >= 15 is 0 Å². The number of rotatable bonds is 1. The Balaban J connectivity index is 2.47. The maximum atomic E-state index is 11.2. The van der Waals surface area contributed by atoms with Crippen LogP contribution in [0.5, 0.6) is 0 Å². The summed E-state index contributed by atoms with van der Waals surface area (Å²) in [5, 5.41) is 8.85. The number of amides is 1. The molecule has 1 N–H and O–H groups in total. The average molecular weight is 190 g/mol. The van der Waals surface area contributed by atoms with E-state index in [1.54, 1.807) is 0 Å². The molecule has 1 atom stereocenters. The molecule has 14 heavy (non-hydrogen) atoms. The largest absolute Gasteiger partial charge is 0.481 e. The van der Waals surface area contributed by atoms with Crippen molar-refractivity contribution in [2.75, 3.05) is 0 Å². The zero-order valence-corrected chi connectivity index (χ0v) is 7.04. The molecular weight excluding hydrogens is 184 g/mol. The standard InChI is InChI=1S/C9H6N2O3/c12-8-5-2-1-3-6(9(13)14)7(5)10-4-11-8/h1-4,6H,(H,13,14). The van der Waals surface area contributed by atoms with Crippen molar-refractivity contribution < 1.29 is 14.7 Å². The molecule has 0 fully saturated rings. The second-order valence-electron chi connectivity index (χ2n) is 2.85. The lowest BCUT2D eigenvalue weighted by atomic mass is 9.91. The summed E-state index contributed by atoms with van der Waals surface area (Å²) in [5.41, 5.74) is 0.530. The number of allylic oxidation sites excluding steroid dienone is 2. The van der Waals surface area contributed by atoms with Gasteiger partial charge in [-0.15, -0.1) is 0 Å². The lowest BCUT2D eigenvalue weighted by Gasteiger charge is -2.17. The summed E-state index contributed by atoms with van der Waals surface area (Å²) in [7, 11) is 0.